The van der Waals surface area contributed by atoms with Crippen molar-refractivity contribution >= 4 is 11.7 Å². The zero-order valence-electron chi connectivity index (χ0n) is 11.6. The van der Waals surface area contributed by atoms with Crippen LogP contribution in [0.25, 0.3) is 0 Å². The number of hydrogen-bond donors (Lipinski definition) is 1. The Morgan fingerprint density at radius 1 is 1.44 bits per heavy atom. The summed E-state index contributed by atoms with van der Waals surface area (Å²) in [5.74, 6) is 0. The number of anilines is 1. The van der Waals surface area contributed by atoms with E-state index in [1.807, 2.05) is 5.32 Å². The largest absolute Gasteiger partial charge is 0.416 e. The van der Waals surface area contributed by atoms with Gasteiger partial charge in [-0.1, -0.05) is 6.07 Å². The number of alkyl halides is 3. The minimum Gasteiger partial charge on any atom is -0.331 e. The zero-order valence-corrected chi connectivity index (χ0v) is 8.57. The minimum atomic E-state index is -4.89. The maximum atomic E-state index is 12.7. The van der Waals surface area contributed by atoms with Gasteiger partial charge in [0, 0.05) is 19.8 Å². The van der Waals surface area contributed by atoms with E-state index in [9.17, 15) is 18.0 Å². The molecule has 0 heterocycles. The summed E-state index contributed by atoms with van der Waals surface area (Å²) in [5.41, 5.74) is -2.04. The van der Waals surface area contributed by atoms with Crippen LogP contribution in [-0.2, 0) is 6.18 Å². The van der Waals surface area contributed by atoms with Crippen LogP contribution in [0.4, 0.5) is 23.7 Å². The molecule has 2 amide bonds. The van der Waals surface area contributed by atoms with Gasteiger partial charge in [-0.2, -0.15) is 13.2 Å². The number of rotatable bonds is 1. The summed E-state index contributed by atoms with van der Waals surface area (Å²) in [7, 11) is 2.73. The summed E-state index contributed by atoms with van der Waals surface area (Å²) < 4.78 is 60.1. The van der Waals surface area contributed by atoms with Crippen LogP contribution in [0.2, 0.25) is 0 Å². The molecule has 0 bridgehead atoms. The third-order valence-corrected chi connectivity index (χ3v) is 1.60. The monoisotopic (exact) mass is 235 g/mol. The van der Waals surface area contributed by atoms with Gasteiger partial charge in [0.25, 0.3) is 0 Å². The van der Waals surface area contributed by atoms with E-state index in [1.165, 1.54) is 14.1 Å². The summed E-state index contributed by atoms with van der Waals surface area (Å²) in [6.45, 7) is 0. The lowest BCUT2D eigenvalue weighted by atomic mass is 10.2. The lowest BCUT2D eigenvalue weighted by Crippen LogP contribution is -2.27. The summed E-state index contributed by atoms with van der Waals surface area (Å²) >= 11 is 0. The topological polar surface area (TPSA) is 32.3 Å². The van der Waals surface area contributed by atoms with E-state index in [0.29, 0.717) is 6.07 Å². The summed E-state index contributed by atoms with van der Waals surface area (Å²) in [4.78, 5) is 12.4. The number of carbonyl (C=O) groups excluding carboxylic acids is 1. The molecule has 88 valence electrons. The minimum absolute atomic E-state index is 0.516. The first-order valence-electron chi connectivity index (χ1n) is 5.72. The molecule has 0 fully saturated rings. The number of urea groups is 1. The summed E-state index contributed by atoms with van der Waals surface area (Å²) in [5, 5.41) is 2.05. The molecule has 0 atom stereocenters. The van der Waals surface area contributed by atoms with Gasteiger partial charge in [0.2, 0.25) is 0 Å². The number of nitrogens with zero attached hydrogens (tertiary/aromatic N) is 1. The average Bonchev–Trinajstić information content (AvgIpc) is 2.20. The van der Waals surface area contributed by atoms with E-state index in [2.05, 4.69) is 0 Å². The highest BCUT2D eigenvalue weighted by molar-refractivity contribution is 5.88. The third-order valence-electron chi connectivity index (χ3n) is 1.60. The predicted molar refractivity (Wildman–Crippen MR) is 54.1 cm³/mol. The van der Waals surface area contributed by atoms with Crippen molar-refractivity contribution in [3.63, 3.8) is 0 Å². The van der Waals surface area contributed by atoms with Gasteiger partial charge >= 0.3 is 12.2 Å². The van der Waals surface area contributed by atoms with E-state index < -0.39 is 41.6 Å². The van der Waals surface area contributed by atoms with Crippen LogP contribution in [-0.4, -0.2) is 25.0 Å². The van der Waals surface area contributed by atoms with Crippen molar-refractivity contribution < 1.29 is 22.1 Å². The number of halogens is 3. The van der Waals surface area contributed by atoms with Gasteiger partial charge in [-0.25, -0.2) is 4.79 Å². The number of nitrogens with one attached hydrogen (secondary N) is 1. The van der Waals surface area contributed by atoms with Crippen LogP contribution in [0.1, 0.15) is 9.68 Å². The van der Waals surface area contributed by atoms with E-state index in [-0.39, 0.29) is 0 Å². The Kier molecular flexibility index (Phi) is 2.33. The Morgan fingerprint density at radius 2 is 2.06 bits per heavy atom. The lowest BCUT2D eigenvalue weighted by Gasteiger charge is -2.13. The predicted octanol–water partition coefficient (Wildman–Crippen LogP) is 2.80. The molecular weight excluding hydrogens is 221 g/mol. The van der Waals surface area contributed by atoms with Gasteiger partial charge in [0.1, 0.15) is 0 Å². The molecule has 0 unspecified atom stereocenters. The Morgan fingerprint density at radius 3 is 2.56 bits per heavy atom. The number of carbonyl (C=O) groups is 1. The first-order chi connectivity index (χ1) is 8.55. The lowest BCUT2D eigenvalue weighted by molar-refractivity contribution is -0.137. The highest BCUT2D eigenvalue weighted by Gasteiger charge is 2.30. The molecule has 0 radical (unpaired) electrons. The Bertz CT molecular complexity index is 518. The molecule has 0 spiro atoms. The van der Waals surface area contributed by atoms with Gasteiger partial charge in [-0.05, 0) is 18.1 Å². The molecule has 0 aromatic heterocycles. The standard InChI is InChI=1S/C10H11F3N2O/c1-15(2)9(16)14-8-5-3-4-7(6-8)10(11,12)13/h3-6H,1-2H3,(H,14,16)/i4D,5D,6D. The number of benzene rings is 1. The average molecular weight is 235 g/mol. The van der Waals surface area contributed by atoms with Gasteiger partial charge in [0.15, 0.2) is 0 Å². The van der Waals surface area contributed by atoms with Crippen molar-refractivity contribution in [1.29, 1.82) is 0 Å². The fraction of sp³-hybridized carbons (Fsp3) is 0.300. The molecule has 1 N–H and O–H groups in total. The van der Waals surface area contributed by atoms with Crippen molar-refractivity contribution in [2.24, 2.45) is 0 Å². The molecule has 16 heavy (non-hydrogen) atoms. The highest BCUT2D eigenvalue weighted by atomic mass is 19.4. The SMILES string of the molecule is [2H]c1cc([2H])c(C(F)(F)F)c([2H])c1NC(=O)N(C)C. The van der Waals surface area contributed by atoms with Crippen LogP contribution >= 0.6 is 0 Å². The maximum absolute atomic E-state index is 12.7. The van der Waals surface area contributed by atoms with Crippen molar-refractivity contribution in [1.82, 2.24) is 4.90 Å². The fourth-order valence-electron chi connectivity index (χ4n) is 0.816. The van der Waals surface area contributed by atoms with Gasteiger partial charge in [-0.3, -0.25) is 0 Å². The number of amides is 2. The molecular formula is C10H11F3N2O. The van der Waals surface area contributed by atoms with Crippen LogP contribution in [0, 0.1) is 0 Å². The molecule has 3 nitrogen and oxygen atoms in total. The van der Waals surface area contributed by atoms with Crippen LogP contribution in [0.15, 0.2) is 24.2 Å². The molecule has 0 aliphatic heterocycles. The van der Waals surface area contributed by atoms with E-state index in [0.717, 1.165) is 4.90 Å². The molecule has 0 saturated carbocycles. The quantitative estimate of drug-likeness (QED) is 0.797. The highest BCUT2D eigenvalue weighted by Crippen LogP contribution is 2.30. The molecule has 0 aliphatic rings. The molecule has 1 aromatic rings. The van der Waals surface area contributed by atoms with Crippen LogP contribution in [0.5, 0.6) is 0 Å². The molecule has 6 heteroatoms. The van der Waals surface area contributed by atoms with E-state index >= 15 is 0 Å². The van der Waals surface area contributed by atoms with Gasteiger partial charge in [0.05, 0.1) is 9.68 Å². The second-order valence-electron chi connectivity index (χ2n) is 3.13. The van der Waals surface area contributed by atoms with Crippen molar-refractivity contribution in [2.75, 3.05) is 19.4 Å². The Hall–Kier alpha value is -1.72. The molecule has 0 saturated heterocycles. The molecule has 1 rings (SSSR count). The molecule has 1 aromatic carbocycles. The zero-order chi connectivity index (χ0) is 15.0. The van der Waals surface area contributed by atoms with Crippen molar-refractivity contribution in [3.05, 3.63) is 29.8 Å². The normalized spacial score (nSPS) is 13.7. The van der Waals surface area contributed by atoms with E-state index in [4.69, 9.17) is 4.11 Å². The second kappa shape index (κ2) is 4.42. The first-order valence-corrected chi connectivity index (χ1v) is 4.22. The smallest absolute Gasteiger partial charge is 0.331 e. The maximum Gasteiger partial charge on any atom is 0.416 e. The fourth-order valence-corrected chi connectivity index (χ4v) is 0.816. The Balaban J connectivity index is 3.38. The second-order valence-corrected chi connectivity index (χ2v) is 3.13. The van der Waals surface area contributed by atoms with Gasteiger partial charge < -0.3 is 10.2 Å². The van der Waals surface area contributed by atoms with Crippen LogP contribution in [0.3, 0.4) is 0 Å². The Labute approximate surface area is 95.1 Å². The first kappa shape index (κ1) is 8.43. The summed E-state index contributed by atoms with van der Waals surface area (Å²) in [6.07, 6.45) is -4.89. The van der Waals surface area contributed by atoms with E-state index in [1.54, 1.807) is 0 Å². The third kappa shape index (κ3) is 3.15. The summed E-state index contributed by atoms with van der Waals surface area (Å²) in [6, 6.07) is -2.68. The van der Waals surface area contributed by atoms with Crippen molar-refractivity contribution in [3.8, 4) is 0 Å². The van der Waals surface area contributed by atoms with Crippen molar-refractivity contribution in [2.45, 2.75) is 6.18 Å². The van der Waals surface area contributed by atoms with Crippen LogP contribution < -0.4 is 5.32 Å². The van der Waals surface area contributed by atoms with Gasteiger partial charge in [-0.15, -0.1) is 0 Å². The number of hydrogen-bond acceptors (Lipinski definition) is 1. The molecule has 0 aliphatic carbocycles.